The topological polar surface area (TPSA) is 52.0 Å². The van der Waals surface area contributed by atoms with Crippen LogP contribution in [0.1, 0.15) is 72.6 Å². The maximum absolute atomic E-state index is 6.73. The van der Waals surface area contributed by atoms with Gasteiger partial charge in [-0.05, 0) is 70.7 Å². The van der Waals surface area contributed by atoms with Gasteiger partial charge in [-0.1, -0.05) is 81.8 Å². The zero-order valence-electron chi connectivity index (χ0n) is 18.6. The number of anilines is 2. The number of rotatable bonds is 7. The van der Waals surface area contributed by atoms with E-state index in [1.54, 1.807) is 0 Å². The number of hydrogen-bond donors (Lipinski definition) is 2. The first-order chi connectivity index (χ1) is 14.4. The summed E-state index contributed by atoms with van der Waals surface area (Å²) in [6.45, 7) is 8.64. The lowest BCUT2D eigenvalue weighted by molar-refractivity contribution is 0.943. The van der Waals surface area contributed by atoms with Crippen LogP contribution in [0.5, 0.6) is 0 Å². The summed E-state index contributed by atoms with van der Waals surface area (Å²) in [5.41, 5.74) is 23.1. The zero-order chi connectivity index (χ0) is 21.8. The molecule has 0 spiro atoms. The van der Waals surface area contributed by atoms with Crippen LogP contribution in [0, 0.1) is 0 Å². The molecule has 0 saturated carbocycles. The monoisotopic (exact) mass is 420 g/mol. The van der Waals surface area contributed by atoms with E-state index in [2.05, 4.69) is 64.1 Å². The normalized spacial score (nSPS) is 11.3. The van der Waals surface area contributed by atoms with Crippen molar-refractivity contribution in [1.29, 1.82) is 0 Å². The van der Waals surface area contributed by atoms with Crippen LogP contribution in [0.25, 0.3) is 0 Å². The van der Waals surface area contributed by atoms with Crippen molar-refractivity contribution in [3.63, 3.8) is 0 Å². The van der Waals surface area contributed by atoms with E-state index in [0.29, 0.717) is 0 Å². The molecule has 0 radical (unpaired) electrons. The van der Waals surface area contributed by atoms with Gasteiger partial charge in [0.1, 0.15) is 0 Å². The molecule has 0 aliphatic rings. The van der Waals surface area contributed by atoms with E-state index < -0.39 is 0 Å². The van der Waals surface area contributed by atoms with E-state index in [0.717, 1.165) is 47.6 Å². The molecule has 2 nitrogen and oxygen atoms in total. The van der Waals surface area contributed by atoms with E-state index in [-0.39, 0.29) is 5.92 Å². The maximum Gasteiger partial charge on any atom is 0.0447 e. The van der Waals surface area contributed by atoms with Crippen LogP contribution in [0.4, 0.5) is 11.4 Å². The van der Waals surface area contributed by atoms with Crippen LogP contribution in [0.3, 0.4) is 0 Å². The molecule has 0 saturated heterocycles. The third-order valence-electron chi connectivity index (χ3n) is 6.15. The van der Waals surface area contributed by atoms with Crippen molar-refractivity contribution in [1.82, 2.24) is 0 Å². The summed E-state index contributed by atoms with van der Waals surface area (Å²) in [6.07, 6.45) is 3.63. The first-order valence-electron chi connectivity index (χ1n) is 11.0. The summed E-state index contributed by atoms with van der Waals surface area (Å²) in [6, 6.07) is 17.2. The molecular weight excluding hydrogens is 388 g/mol. The Bertz CT molecular complexity index is 927. The van der Waals surface area contributed by atoms with Crippen molar-refractivity contribution >= 4 is 23.0 Å². The number of benzene rings is 3. The highest BCUT2D eigenvalue weighted by atomic mass is 35.5. The Morgan fingerprint density at radius 2 is 1.03 bits per heavy atom. The highest BCUT2D eigenvalue weighted by molar-refractivity contribution is 6.31. The van der Waals surface area contributed by atoms with Crippen LogP contribution in [-0.4, -0.2) is 0 Å². The molecule has 158 valence electrons. The Labute approximate surface area is 186 Å². The van der Waals surface area contributed by atoms with Crippen LogP contribution in [0.15, 0.2) is 48.5 Å². The van der Waals surface area contributed by atoms with Gasteiger partial charge in [-0.3, -0.25) is 0 Å². The van der Waals surface area contributed by atoms with Gasteiger partial charge in [0.05, 0.1) is 0 Å². The highest BCUT2D eigenvalue weighted by Crippen LogP contribution is 2.40. The molecule has 3 heteroatoms. The predicted molar refractivity (Wildman–Crippen MR) is 132 cm³/mol. The van der Waals surface area contributed by atoms with Gasteiger partial charge in [-0.15, -0.1) is 0 Å². The highest BCUT2D eigenvalue weighted by Gasteiger charge is 2.23. The number of nitrogen functional groups attached to an aromatic ring is 2. The van der Waals surface area contributed by atoms with E-state index in [1.165, 1.54) is 33.4 Å². The van der Waals surface area contributed by atoms with Gasteiger partial charge in [0.2, 0.25) is 0 Å². The molecular formula is C27H33ClN2. The largest absolute Gasteiger partial charge is 0.398 e. The molecule has 0 heterocycles. The minimum Gasteiger partial charge on any atom is -0.398 e. The average molecular weight is 421 g/mol. The molecule has 0 atom stereocenters. The fourth-order valence-electron chi connectivity index (χ4n) is 4.38. The van der Waals surface area contributed by atoms with Crippen molar-refractivity contribution in [3.8, 4) is 0 Å². The Hall–Kier alpha value is -2.45. The van der Waals surface area contributed by atoms with Gasteiger partial charge >= 0.3 is 0 Å². The van der Waals surface area contributed by atoms with Gasteiger partial charge in [0.25, 0.3) is 0 Å². The number of aryl methyl sites for hydroxylation is 4. The standard InChI is InChI=1S/C27H33ClN2/c1-5-17-13-21(14-18(6-2)26(17)29)25(23-11-9-10-12-24(23)28)22-15-19(7-3)27(30)20(8-4)16-22/h9-16,25H,5-8,29-30H2,1-4H3. The van der Waals surface area contributed by atoms with Crippen LogP contribution >= 0.6 is 11.6 Å². The van der Waals surface area contributed by atoms with E-state index in [9.17, 15) is 0 Å². The lowest BCUT2D eigenvalue weighted by atomic mass is 9.81. The van der Waals surface area contributed by atoms with E-state index in [4.69, 9.17) is 23.1 Å². The van der Waals surface area contributed by atoms with Crippen LogP contribution in [0.2, 0.25) is 5.02 Å². The van der Waals surface area contributed by atoms with E-state index >= 15 is 0 Å². The smallest absolute Gasteiger partial charge is 0.0447 e. The molecule has 0 aliphatic carbocycles. The molecule has 3 aromatic carbocycles. The second kappa shape index (κ2) is 9.57. The minimum absolute atomic E-state index is 0.0334. The Kier molecular flexibility index (Phi) is 7.10. The second-order valence-electron chi connectivity index (χ2n) is 7.87. The summed E-state index contributed by atoms with van der Waals surface area (Å²) in [5, 5.41) is 0.781. The summed E-state index contributed by atoms with van der Waals surface area (Å²) < 4.78 is 0. The van der Waals surface area contributed by atoms with Gasteiger partial charge < -0.3 is 11.5 Å². The fourth-order valence-corrected chi connectivity index (χ4v) is 4.62. The molecule has 0 bridgehead atoms. The zero-order valence-corrected chi connectivity index (χ0v) is 19.3. The number of nitrogens with two attached hydrogens (primary N) is 2. The predicted octanol–water partition coefficient (Wildman–Crippen LogP) is 6.93. The third-order valence-corrected chi connectivity index (χ3v) is 6.50. The first-order valence-corrected chi connectivity index (χ1v) is 11.4. The van der Waals surface area contributed by atoms with Crippen molar-refractivity contribution in [2.75, 3.05) is 11.5 Å². The SMILES string of the molecule is CCc1cc(C(c2cc(CC)c(N)c(CC)c2)c2ccccc2Cl)cc(CC)c1N. The van der Waals surface area contributed by atoms with Gasteiger partial charge in [-0.2, -0.15) is 0 Å². The molecule has 0 amide bonds. The molecule has 30 heavy (non-hydrogen) atoms. The Morgan fingerprint density at radius 3 is 1.37 bits per heavy atom. The quantitative estimate of drug-likeness (QED) is 0.321. The van der Waals surface area contributed by atoms with Crippen LogP contribution < -0.4 is 11.5 Å². The number of hydrogen-bond acceptors (Lipinski definition) is 2. The molecule has 3 aromatic rings. The van der Waals surface area contributed by atoms with Crippen LogP contribution in [-0.2, 0) is 25.7 Å². The summed E-state index contributed by atoms with van der Waals surface area (Å²) >= 11 is 6.73. The molecule has 0 fully saturated rings. The molecule has 0 aliphatic heterocycles. The lowest BCUT2D eigenvalue weighted by Gasteiger charge is -2.24. The van der Waals surface area contributed by atoms with Gasteiger partial charge in [0, 0.05) is 22.3 Å². The molecule has 0 unspecified atom stereocenters. The fraction of sp³-hybridized carbons (Fsp3) is 0.333. The summed E-state index contributed by atoms with van der Waals surface area (Å²) in [4.78, 5) is 0. The lowest BCUT2D eigenvalue weighted by Crippen LogP contribution is -2.10. The van der Waals surface area contributed by atoms with Gasteiger partial charge in [0.15, 0.2) is 0 Å². The molecule has 3 rings (SSSR count). The Morgan fingerprint density at radius 1 is 0.667 bits per heavy atom. The van der Waals surface area contributed by atoms with Crippen molar-refractivity contribution in [3.05, 3.63) is 92.5 Å². The molecule has 0 aromatic heterocycles. The minimum atomic E-state index is 0.0334. The average Bonchev–Trinajstić information content (AvgIpc) is 2.76. The summed E-state index contributed by atoms with van der Waals surface area (Å²) in [7, 11) is 0. The van der Waals surface area contributed by atoms with Crippen molar-refractivity contribution in [2.45, 2.75) is 59.3 Å². The maximum atomic E-state index is 6.73. The third kappa shape index (κ3) is 4.20. The van der Waals surface area contributed by atoms with E-state index in [1.807, 2.05) is 12.1 Å². The summed E-state index contributed by atoms with van der Waals surface area (Å²) in [5.74, 6) is 0.0334. The first kappa shape index (κ1) is 22.2. The van der Waals surface area contributed by atoms with Gasteiger partial charge in [-0.25, -0.2) is 0 Å². The molecule has 4 N–H and O–H groups in total. The Balaban J connectivity index is 2.33. The van der Waals surface area contributed by atoms with Crippen molar-refractivity contribution in [2.24, 2.45) is 0 Å². The number of halogens is 1. The second-order valence-corrected chi connectivity index (χ2v) is 8.28. The van der Waals surface area contributed by atoms with Crippen molar-refractivity contribution < 1.29 is 0 Å².